The summed E-state index contributed by atoms with van der Waals surface area (Å²) in [5.74, 6) is 0.111. The quantitative estimate of drug-likeness (QED) is 0.499. The van der Waals surface area contributed by atoms with Crippen LogP contribution in [0, 0.1) is 0 Å². The number of anilines is 2. The lowest BCUT2D eigenvalue weighted by Crippen LogP contribution is -2.22. The third kappa shape index (κ3) is 4.47. The highest BCUT2D eigenvalue weighted by Gasteiger charge is 2.14. The molecule has 146 valence electrons. The second kappa shape index (κ2) is 8.53. The van der Waals surface area contributed by atoms with Crippen LogP contribution >= 0.6 is 0 Å². The van der Waals surface area contributed by atoms with E-state index >= 15 is 0 Å². The molecular weight excluding hydrogens is 358 g/mol. The number of hydrogen-bond donors (Lipinski definition) is 4. The van der Waals surface area contributed by atoms with Crippen LogP contribution in [0.3, 0.4) is 0 Å². The van der Waals surface area contributed by atoms with Gasteiger partial charge >= 0.3 is 0 Å². The van der Waals surface area contributed by atoms with Crippen LogP contribution in [0.1, 0.15) is 17.3 Å². The highest BCUT2D eigenvalue weighted by molar-refractivity contribution is 5.96. The number of aliphatic hydroxyl groups excluding tert-OH is 1. The van der Waals surface area contributed by atoms with E-state index in [0.29, 0.717) is 23.7 Å². The van der Waals surface area contributed by atoms with Crippen LogP contribution in [0.5, 0.6) is 0 Å². The number of benzene rings is 2. The standard InChI is InChI=1S/C20H23N5O3/c1-13(26)11-22-20-24-16-5-3-4-6-17(16)25(20)12-18(27)23-15-9-7-14(8-10-15)19(28)21-2/h3-10,13,26H,11-12H2,1-2H3,(H,21,28)(H,22,24)(H,23,27). The molecule has 0 saturated carbocycles. The predicted molar refractivity (Wildman–Crippen MR) is 108 cm³/mol. The van der Waals surface area contributed by atoms with Crippen LogP contribution < -0.4 is 16.0 Å². The number of nitrogens with zero attached hydrogens (tertiary/aromatic N) is 2. The summed E-state index contributed by atoms with van der Waals surface area (Å²) in [7, 11) is 1.57. The number of imidazole rings is 1. The van der Waals surface area contributed by atoms with Crippen LogP contribution in [0.25, 0.3) is 11.0 Å². The van der Waals surface area contributed by atoms with Crippen molar-refractivity contribution in [2.75, 3.05) is 24.2 Å². The van der Waals surface area contributed by atoms with Crippen LogP contribution in [-0.2, 0) is 11.3 Å². The van der Waals surface area contributed by atoms with Crippen LogP contribution in [0.15, 0.2) is 48.5 Å². The van der Waals surface area contributed by atoms with E-state index in [9.17, 15) is 14.7 Å². The van der Waals surface area contributed by atoms with Crippen LogP contribution in [0.4, 0.5) is 11.6 Å². The molecule has 1 unspecified atom stereocenters. The molecule has 4 N–H and O–H groups in total. The Morgan fingerprint density at radius 1 is 1.14 bits per heavy atom. The lowest BCUT2D eigenvalue weighted by atomic mass is 10.2. The molecule has 3 rings (SSSR count). The minimum absolute atomic E-state index is 0.0554. The summed E-state index contributed by atoms with van der Waals surface area (Å²) in [6.07, 6.45) is -0.541. The molecule has 1 heterocycles. The lowest BCUT2D eigenvalue weighted by Gasteiger charge is -2.12. The maximum atomic E-state index is 12.6. The van der Waals surface area contributed by atoms with E-state index in [1.807, 2.05) is 24.3 Å². The van der Waals surface area contributed by atoms with E-state index in [1.54, 1.807) is 42.8 Å². The number of nitrogens with one attached hydrogen (secondary N) is 3. The van der Waals surface area contributed by atoms with Crippen molar-refractivity contribution < 1.29 is 14.7 Å². The first-order valence-electron chi connectivity index (χ1n) is 8.97. The average Bonchev–Trinajstić information content (AvgIpc) is 3.03. The molecule has 0 aliphatic carbocycles. The molecule has 2 aromatic carbocycles. The zero-order chi connectivity index (χ0) is 20.1. The van der Waals surface area contributed by atoms with E-state index < -0.39 is 6.10 Å². The summed E-state index contributed by atoms with van der Waals surface area (Å²) in [6, 6.07) is 14.2. The molecule has 0 radical (unpaired) electrons. The van der Waals surface area contributed by atoms with E-state index in [4.69, 9.17) is 0 Å². The molecule has 8 nitrogen and oxygen atoms in total. The van der Waals surface area contributed by atoms with Gasteiger partial charge in [0.25, 0.3) is 5.91 Å². The van der Waals surface area contributed by atoms with Crippen molar-refractivity contribution in [2.24, 2.45) is 0 Å². The molecule has 0 fully saturated rings. The highest BCUT2D eigenvalue weighted by atomic mass is 16.3. The monoisotopic (exact) mass is 381 g/mol. The van der Waals surface area contributed by atoms with E-state index in [2.05, 4.69) is 20.9 Å². The Kier molecular flexibility index (Phi) is 5.90. The van der Waals surface area contributed by atoms with Gasteiger partial charge in [-0.1, -0.05) is 12.1 Å². The molecule has 0 saturated heterocycles. The number of carbonyl (C=O) groups excluding carboxylic acids is 2. The SMILES string of the molecule is CNC(=O)c1ccc(NC(=O)Cn2c(NCC(C)O)nc3ccccc32)cc1. The zero-order valence-corrected chi connectivity index (χ0v) is 15.8. The minimum Gasteiger partial charge on any atom is -0.392 e. The van der Waals surface area contributed by atoms with E-state index in [0.717, 1.165) is 11.0 Å². The van der Waals surface area contributed by atoms with Crippen LogP contribution in [0.2, 0.25) is 0 Å². The first-order valence-corrected chi connectivity index (χ1v) is 8.97. The number of aromatic nitrogens is 2. The number of para-hydroxylation sites is 2. The molecule has 1 aromatic heterocycles. The van der Waals surface area contributed by atoms with E-state index in [-0.39, 0.29) is 18.4 Å². The molecule has 8 heteroatoms. The van der Waals surface area contributed by atoms with Gasteiger partial charge in [0.15, 0.2) is 0 Å². The maximum Gasteiger partial charge on any atom is 0.251 e. The predicted octanol–water partition coefficient (Wildman–Crippen LogP) is 1.83. The molecule has 2 amide bonds. The van der Waals surface area contributed by atoms with Gasteiger partial charge in [-0.15, -0.1) is 0 Å². The molecule has 28 heavy (non-hydrogen) atoms. The number of rotatable bonds is 7. The first-order chi connectivity index (χ1) is 13.5. The van der Waals surface area contributed by atoms with Crippen molar-refractivity contribution in [3.05, 3.63) is 54.1 Å². The Hall–Kier alpha value is -3.39. The number of carbonyl (C=O) groups is 2. The Morgan fingerprint density at radius 2 is 1.86 bits per heavy atom. The fourth-order valence-corrected chi connectivity index (χ4v) is 2.80. The van der Waals surface area contributed by atoms with Gasteiger partial charge in [0.1, 0.15) is 6.54 Å². The highest BCUT2D eigenvalue weighted by Crippen LogP contribution is 2.20. The third-order valence-corrected chi connectivity index (χ3v) is 4.17. The van der Waals surface area contributed by atoms with Crippen molar-refractivity contribution in [1.82, 2.24) is 14.9 Å². The van der Waals surface area contributed by atoms with Gasteiger partial charge in [-0.3, -0.25) is 9.59 Å². The fraction of sp³-hybridized carbons (Fsp3) is 0.250. The normalized spacial score (nSPS) is 11.8. The molecular formula is C20H23N5O3. The molecule has 0 spiro atoms. The molecule has 0 aliphatic heterocycles. The Morgan fingerprint density at radius 3 is 2.54 bits per heavy atom. The smallest absolute Gasteiger partial charge is 0.251 e. The lowest BCUT2D eigenvalue weighted by molar-refractivity contribution is -0.116. The zero-order valence-electron chi connectivity index (χ0n) is 15.8. The first kappa shape index (κ1) is 19.4. The topological polar surface area (TPSA) is 108 Å². The second-order valence-electron chi connectivity index (χ2n) is 6.44. The summed E-state index contributed by atoms with van der Waals surface area (Å²) in [5, 5.41) is 18.0. The molecule has 3 aromatic rings. The van der Waals surface area contributed by atoms with Gasteiger partial charge in [0.2, 0.25) is 11.9 Å². The number of amides is 2. The average molecular weight is 381 g/mol. The van der Waals surface area contributed by atoms with Gasteiger partial charge in [0, 0.05) is 24.8 Å². The summed E-state index contributed by atoms with van der Waals surface area (Å²) >= 11 is 0. The summed E-state index contributed by atoms with van der Waals surface area (Å²) in [5.41, 5.74) is 2.70. The summed E-state index contributed by atoms with van der Waals surface area (Å²) in [6.45, 7) is 2.06. The Balaban J connectivity index is 1.76. The third-order valence-electron chi connectivity index (χ3n) is 4.17. The number of hydrogen-bond acceptors (Lipinski definition) is 5. The summed E-state index contributed by atoms with van der Waals surface area (Å²) in [4.78, 5) is 28.7. The Labute approximate surface area is 162 Å². The molecule has 0 aliphatic rings. The number of fused-ring (bicyclic) bond motifs is 1. The van der Waals surface area contributed by atoms with Crippen molar-refractivity contribution in [2.45, 2.75) is 19.6 Å². The van der Waals surface area contributed by atoms with Crippen molar-refractivity contribution in [3.63, 3.8) is 0 Å². The summed E-state index contributed by atoms with van der Waals surface area (Å²) < 4.78 is 1.77. The van der Waals surface area contributed by atoms with Crippen LogP contribution in [-0.4, -0.2) is 46.2 Å². The Bertz CT molecular complexity index is 979. The van der Waals surface area contributed by atoms with E-state index in [1.165, 1.54) is 0 Å². The number of aliphatic hydroxyl groups is 1. The van der Waals surface area contributed by atoms with Gasteiger partial charge < -0.3 is 25.6 Å². The minimum atomic E-state index is -0.541. The van der Waals surface area contributed by atoms with Gasteiger partial charge in [-0.05, 0) is 43.3 Å². The second-order valence-corrected chi connectivity index (χ2v) is 6.44. The molecule has 0 bridgehead atoms. The maximum absolute atomic E-state index is 12.6. The van der Waals surface area contributed by atoms with Gasteiger partial charge in [-0.2, -0.15) is 0 Å². The van der Waals surface area contributed by atoms with Crippen molar-refractivity contribution in [1.29, 1.82) is 0 Å². The van der Waals surface area contributed by atoms with Gasteiger partial charge in [0.05, 0.1) is 17.1 Å². The fourth-order valence-electron chi connectivity index (χ4n) is 2.80. The van der Waals surface area contributed by atoms with Crippen molar-refractivity contribution >= 4 is 34.5 Å². The largest absolute Gasteiger partial charge is 0.392 e. The van der Waals surface area contributed by atoms with Gasteiger partial charge in [-0.25, -0.2) is 4.98 Å². The molecule has 1 atom stereocenters. The van der Waals surface area contributed by atoms with Crippen molar-refractivity contribution in [3.8, 4) is 0 Å².